The predicted octanol–water partition coefficient (Wildman–Crippen LogP) is 4.53. The number of aromatic nitrogens is 3. The van der Waals surface area contributed by atoms with Gasteiger partial charge in [0.25, 0.3) is 0 Å². The lowest BCUT2D eigenvalue weighted by Gasteiger charge is -2.09. The zero-order valence-electron chi connectivity index (χ0n) is 16.6. The van der Waals surface area contributed by atoms with Crippen molar-refractivity contribution in [3.05, 3.63) is 60.1 Å². The van der Waals surface area contributed by atoms with Gasteiger partial charge in [0.15, 0.2) is 11.0 Å². The summed E-state index contributed by atoms with van der Waals surface area (Å²) in [7, 11) is 3.16. The number of carbonyl (C=O) groups excluding carboxylic acids is 1. The van der Waals surface area contributed by atoms with Crippen molar-refractivity contribution in [2.24, 2.45) is 0 Å². The van der Waals surface area contributed by atoms with Gasteiger partial charge in [-0.2, -0.15) is 0 Å². The second-order valence-electron chi connectivity index (χ2n) is 6.12. The molecule has 0 fully saturated rings. The number of halogens is 1. The second kappa shape index (κ2) is 10.2. The Hall–Kier alpha value is -2.97. The number of allylic oxidation sites excluding steroid dienone is 1. The normalized spacial score (nSPS) is 10.5. The molecule has 0 aliphatic heterocycles. The van der Waals surface area contributed by atoms with Crippen LogP contribution in [-0.2, 0) is 11.3 Å². The number of thioether (sulfide) groups is 1. The van der Waals surface area contributed by atoms with E-state index in [-0.39, 0.29) is 11.7 Å². The first-order valence-corrected chi connectivity index (χ1v) is 10.4. The third-order valence-electron chi connectivity index (χ3n) is 4.14. The quantitative estimate of drug-likeness (QED) is 0.386. The minimum atomic E-state index is -0.180. The highest BCUT2D eigenvalue weighted by Gasteiger charge is 2.15. The minimum absolute atomic E-state index is 0.168. The summed E-state index contributed by atoms with van der Waals surface area (Å²) in [5.41, 5.74) is 1.49. The average Bonchev–Trinajstić information content (AvgIpc) is 3.15. The summed E-state index contributed by atoms with van der Waals surface area (Å²) < 4.78 is 12.2. The lowest BCUT2D eigenvalue weighted by Crippen LogP contribution is -2.14. The van der Waals surface area contributed by atoms with E-state index in [1.54, 1.807) is 31.4 Å². The molecule has 156 valence electrons. The van der Waals surface area contributed by atoms with E-state index in [1.165, 1.54) is 18.9 Å². The molecule has 0 saturated heterocycles. The fourth-order valence-electron chi connectivity index (χ4n) is 2.71. The van der Waals surface area contributed by atoms with Gasteiger partial charge in [-0.05, 0) is 42.5 Å². The highest BCUT2D eigenvalue weighted by Crippen LogP contribution is 2.28. The molecule has 1 amide bonds. The van der Waals surface area contributed by atoms with Crippen molar-refractivity contribution in [3.8, 4) is 22.9 Å². The second-order valence-corrected chi connectivity index (χ2v) is 7.47. The summed E-state index contributed by atoms with van der Waals surface area (Å²) in [5.74, 6) is 2.00. The monoisotopic (exact) mass is 444 g/mol. The highest BCUT2D eigenvalue weighted by atomic mass is 35.5. The van der Waals surface area contributed by atoms with E-state index >= 15 is 0 Å². The van der Waals surface area contributed by atoms with Crippen LogP contribution in [0, 0.1) is 0 Å². The maximum Gasteiger partial charge on any atom is 0.234 e. The number of ether oxygens (including phenoxy) is 2. The summed E-state index contributed by atoms with van der Waals surface area (Å²) in [5, 5.41) is 12.4. The van der Waals surface area contributed by atoms with Crippen molar-refractivity contribution in [2.75, 3.05) is 25.3 Å². The first-order chi connectivity index (χ1) is 14.5. The van der Waals surface area contributed by atoms with Crippen molar-refractivity contribution in [2.45, 2.75) is 11.7 Å². The van der Waals surface area contributed by atoms with Crippen LogP contribution < -0.4 is 14.8 Å². The van der Waals surface area contributed by atoms with Gasteiger partial charge in [-0.25, -0.2) is 0 Å². The molecule has 0 radical (unpaired) electrons. The van der Waals surface area contributed by atoms with Crippen LogP contribution in [0.3, 0.4) is 0 Å². The largest absolute Gasteiger partial charge is 0.497 e. The number of hydrogen-bond donors (Lipinski definition) is 1. The molecule has 0 atom stereocenters. The Kier molecular flexibility index (Phi) is 7.37. The fraction of sp³-hybridized carbons (Fsp3) is 0.190. The summed E-state index contributed by atoms with van der Waals surface area (Å²) >= 11 is 7.40. The van der Waals surface area contributed by atoms with Gasteiger partial charge < -0.3 is 14.8 Å². The van der Waals surface area contributed by atoms with Crippen LogP contribution in [0.1, 0.15) is 0 Å². The van der Waals surface area contributed by atoms with Gasteiger partial charge in [-0.3, -0.25) is 9.36 Å². The Bertz CT molecular complexity index is 1040. The van der Waals surface area contributed by atoms with Crippen molar-refractivity contribution >= 4 is 35.0 Å². The number of anilines is 1. The molecule has 1 aromatic heterocycles. The number of nitrogens with zero attached hydrogens (tertiary/aromatic N) is 3. The number of hydrogen-bond acceptors (Lipinski definition) is 6. The van der Waals surface area contributed by atoms with Crippen LogP contribution in [0.25, 0.3) is 11.4 Å². The Morgan fingerprint density at radius 1 is 1.20 bits per heavy atom. The average molecular weight is 445 g/mol. The molecule has 1 N–H and O–H groups in total. The molecular formula is C21H21ClN4O3S. The van der Waals surface area contributed by atoms with Gasteiger partial charge in [0.2, 0.25) is 5.91 Å². The highest BCUT2D eigenvalue weighted by molar-refractivity contribution is 7.99. The molecule has 1 heterocycles. The zero-order valence-corrected chi connectivity index (χ0v) is 18.2. The van der Waals surface area contributed by atoms with E-state index < -0.39 is 0 Å². The Morgan fingerprint density at radius 3 is 2.60 bits per heavy atom. The SMILES string of the molecule is C=CCn1c(SCC(=O)Nc2ccc(OC)c(Cl)c2)nnc1-c1ccc(OC)cc1. The number of rotatable bonds is 9. The summed E-state index contributed by atoms with van der Waals surface area (Å²) in [6, 6.07) is 12.6. The van der Waals surface area contributed by atoms with Crippen molar-refractivity contribution in [3.63, 3.8) is 0 Å². The number of amides is 1. The maximum atomic E-state index is 12.4. The van der Waals surface area contributed by atoms with Crippen LogP contribution >= 0.6 is 23.4 Å². The number of methoxy groups -OCH3 is 2. The van der Waals surface area contributed by atoms with E-state index in [4.69, 9.17) is 21.1 Å². The predicted molar refractivity (Wildman–Crippen MR) is 120 cm³/mol. The fourth-order valence-corrected chi connectivity index (χ4v) is 3.72. The molecule has 30 heavy (non-hydrogen) atoms. The lowest BCUT2D eigenvalue weighted by atomic mass is 10.2. The summed E-state index contributed by atoms with van der Waals surface area (Å²) in [6.07, 6.45) is 1.76. The molecule has 0 saturated carbocycles. The van der Waals surface area contributed by atoms with E-state index in [2.05, 4.69) is 22.1 Å². The Labute approximate surface area is 184 Å². The molecule has 7 nitrogen and oxygen atoms in total. The van der Waals surface area contributed by atoms with Crippen LogP contribution in [0.4, 0.5) is 5.69 Å². The number of benzene rings is 2. The van der Waals surface area contributed by atoms with Gasteiger partial charge in [0.05, 0.1) is 25.0 Å². The third-order valence-corrected chi connectivity index (χ3v) is 5.41. The summed E-state index contributed by atoms with van der Waals surface area (Å²) in [6.45, 7) is 4.32. The minimum Gasteiger partial charge on any atom is -0.497 e. The van der Waals surface area contributed by atoms with Gasteiger partial charge in [-0.15, -0.1) is 16.8 Å². The molecule has 9 heteroatoms. The van der Waals surface area contributed by atoms with Crippen molar-refractivity contribution in [1.82, 2.24) is 14.8 Å². The molecular weight excluding hydrogens is 424 g/mol. The standard InChI is InChI=1S/C21H21ClN4O3S/c1-4-11-26-20(14-5-8-16(28-2)9-6-14)24-25-21(26)30-13-19(27)23-15-7-10-18(29-3)17(22)12-15/h4-10,12H,1,11,13H2,2-3H3,(H,23,27). The number of carbonyl (C=O) groups is 1. The van der Waals surface area contributed by atoms with E-state index in [1.807, 2.05) is 28.8 Å². The Balaban J connectivity index is 1.70. The first kappa shape index (κ1) is 21.7. The first-order valence-electron chi connectivity index (χ1n) is 9.00. The molecule has 2 aromatic carbocycles. The van der Waals surface area contributed by atoms with E-state index in [0.717, 1.165) is 11.3 Å². The van der Waals surface area contributed by atoms with Crippen LogP contribution in [0.5, 0.6) is 11.5 Å². The number of nitrogens with one attached hydrogen (secondary N) is 1. The maximum absolute atomic E-state index is 12.4. The molecule has 0 aliphatic rings. The van der Waals surface area contributed by atoms with Crippen LogP contribution in [-0.4, -0.2) is 40.6 Å². The van der Waals surface area contributed by atoms with Crippen LogP contribution in [0.15, 0.2) is 60.3 Å². The van der Waals surface area contributed by atoms with Gasteiger partial charge in [0, 0.05) is 17.8 Å². The molecule has 3 aromatic rings. The molecule has 0 unspecified atom stereocenters. The van der Waals surface area contributed by atoms with E-state index in [9.17, 15) is 4.79 Å². The van der Waals surface area contributed by atoms with Crippen LogP contribution in [0.2, 0.25) is 5.02 Å². The lowest BCUT2D eigenvalue weighted by molar-refractivity contribution is -0.113. The smallest absolute Gasteiger partial charge is 0.234 e. The van der Waals surface area contributed by atoms with Crippen molar-refractivity contribution < 1.29 is 14.3 Å². The Morgan fingerprint density at radius 2 is 1.97 bits per heavy atom. The topological polar surface area (TPSA) is 78.3 Å². The van der Waals surface area contributed by atoms with Gasteiger partial charge in [-0.1, -0.05) is 29.4 Å². The molecule has 3 rings (SSSR count). The van der Waals surface area contributed by atoms with Gasteiger partial charge >= 0.3 is 0 Å². The molecule has 0 bridgehead atoms. The molecule has 0 spiro atoms. The third kappa shape index (κ3) is 5.14. The van der Waals surface area contributed by atoms with Crippen molar-refractivity contribution in [1.29, 1.82) is 0 Å². The van der Waals surface area contributed by atoms with Gasteiger partial charge in [0.1, 0.15) is 11.5 Å². The zero-order chi connectivity index (χ0) is 21.5. The summed E-state index contributed by atoms with van der Waals surface area (Å²) in [4.78, 5) is 12.4. The molecule has 0 aliphatic carbocycles. The van der Waals surface area contributed by atoms with E-state index in [0.29, 0.717) is 34.0 Å².